The second kappa shape index (κ2) is 6.48. The number of hydrogen-bond donors (Lipinski definition) is 3. The first-order valence-electron chi connectivity index (χ1n) is 6.45. The minimum Gasteiger partial charge on any atom is -0.491 e. The number of nitrogens with zero attached hydrogens (tertiary/aromatic N) is 1. The Bertz CT molecular complexity index is 756. The smallest absolute Gasteiger partial charge is 0.335 e. The number of benzene rings is 1. The molecule has 1 heterocycles. The standard InChI is InChI=1S/C13H15N3O5S/c1-2-5-21-11-4-3-9(13(17)18)6-10(11)16-22(19,20)12-7-14-8-15-12/h3-4,6-8,16H,2,5H2,1H3,(H,14,15)(H,17,18). The third-order valence-electron chi connectivity index (χ3n) is 2.70. The van der Waals surface area contributed by atoms with Crippen molar-refractivity contribution < 1.29 is 23.1 Å². The Balaban J connectivity index is 2.38. The number of anilines is 1. The number of ether oxygens (including phenoxy) is 1. The molecule has 1 aromatic heterocycles. The quantitative estimate of drug-likeness (QED) is 0.712. The number of aromatic nitrogens is 2. The zero-order valence-electron chi connectivity index (χ0n) is 11.7. The second-order valence-corrected chi connectivity index (χ2v) is 6.04. The fourth-order valence-electron chi connectivity index (χ4n) is 1.67. The van der Waals surface area contributed by atoms with Crippen molar-refractivity contribution in [2.75, 3.05) is 11.3 Å². The van der Waals surface area contributed by atoms with Crippen molar-refractivity contribution in [3.63, 3.8) is 0 Å². The molecular weight excluding hydrogens is 310 g/mol. The lowest BCUT2D eigenvalue weighted by Crippen LogP contribution is -2.15. The molecule has 0 saturated carbocycles. The molecule has 2 rings (SSSR count). The van der Waals surface area contributed by atoms with Gasteiger partial charge in [-0.25, -0.2) is 9.78 Å². The van der Waals surface area contributed by atoms with Gasteiger partial charge in [0.05, 0.1) is 30.4 Å². The highest BCUT2D eigenvalue weighted by Crippen LogP contribution is 2.28. The fourth-order valence-corrected chi connectivity index (χ4v) is 2.64. The van der Waals surface area contributed by atoms with Crippen molar-refractivity contribution in [2.24, 2.45) is 0 Å². The summed E-state index contributed by atoms with van der Waals surface area (Å²) in [6.45, 7) is 2.28. The lowest BCUT2D eigenvalue weighted by Gasteiger charge is -2.13. The highest BCUT2D eigenvalue weighted by Gasteiger charge is 2.19. The third kappa shape index (κ3) is 3.55. The number of rotatable bonds is 7. The molecule has 0 spiro atoms. The Morgan fingerprint density at radius 1 is 1.45 bits per heavy atom. The summed E-state index contributed by atoms with van der Waals surface area (Å²) in [6.07, 6.45) is 3.11. The Kier molecular flexibility index (Phi) is 4.66. The van der Waals surface area contributed by atoms with Crippen molar-refractivity contribution in [2.45, 2.75) is 18.4 Å². The first kappa shape index (κ1) is 15.8. The minimum atomic E-state index is -3.90. The number of aromatic amines is 1. The molecule has 1 aromatic carbocycles. The maximum absolute atomic E-state index is 12.2. The van der Waals surface area contributed by atoms with Crippen LogP contribution in [0.4, 0.5) is 5.69 Å². The van der Waals surface area contributed by atoms with Gasteiger partial charge in [-0.2, -0.15) is 8.42 Å². The number of imidazole rings is 1. The highest BCUT2D eigenvalue weighted by molar-refractivity contribution is 7.92. The lowest BCUT2D eigenvalue weighted by molar-refractivity contribution is 0.0697. The van der Waals surface area contributed by atoms with Crippen LogP contribution >= 0.6 is 0 Å². The molecule has 0 aliphatic carbocycles. The maximum Gasteiger partial charge on any atom is 0.335 e. The molecule has 118 valence electrons. The van der Waals surface area contributed by atoms with E-state index in [-0.39, 0.29) is 22.0 Å². The SMILES string of the molecule is CCCOc1ccc(C(=O)O)cc1NS(=O)(=O)c1cnc[nH]1. The van der Waals surface area contributed by atoms with Gasteiger partial charge in [0, 0.05) is 0 Å². The Labute approximate surface area is 127 Å². The molecule has 0 fully saturated rings. The molecule has 2 aromatic rings. The molecule has 22 heavy (non-hydrogen) atoms. The molecule has 3 N–H and O–H groups in total. The zero-order valence-corrected chi connectivity index (χ0v) is 12.6. The third-order valence-corrected chi connectivity index (χ3v) is 3.99. The van der Waals surface area contributed by atoms with Gasteiger partial charge in [-0.3, -0.25) is 4.72 Å². The summed E-state index contributed by atoms with van der Waals surface area (Å²) < 4.78 is 32.1. The summed E-state index contributed by atoms with van der Waals surface area (Å²) in [6, 6.07) is 3.98. The number of aromatic carboxylic acids is 1. The van der Waals surface area contributed by atoms with Crippen molar-refractivity contribution in [3.8, 4) is 5.75 Å². The van der Waals surface area contributed by atoms with Crippen LogP contribution in [0.15, 0.2) is 35.7 Å². The van der Waals surface area contributed by atoms with Crippen LogP contribution in [-0.2, 0) is 10.0 Å². The van der Waals surface area contributed by atoms with Gasteiger partial charge in [0.1, 0.15) is 5.75 Å². The van der Waals surface area contributed by atoms with Gasteiger partial charge in [0.15, 0.2) is 5.03 Å². The van der Waals surface area contributed by atoms with E-state index in [4.69, 9.17) is 9.84 Å². The van der Waals surface area contributed by atoms with Crippen LogP contribution < -0.4 is 9.46 Å². The van der Waals surface area contributed by atoms with Crippen LogP contribution in [-0.4, -0.2) is 36.1 Å². The molecule has 0 atom stereocenters. The van der Waals surface area contributed by atoms with Crippen LogP contribution in [0, 0.1) is 0 Å². The summed E-state index contributed by atoms with van der Waals surface area (Å²) in [5.41, 5.74) is 0.00843. The molecule has 0 aliphatic rings. The van der Waals surface area contributed by atoms with E-state index in [2.05, 4.69) is 14.7 Å². The van der Waals surface area contributed by atoms with E-state index < -0.39 is 16.0 Å². The summed E-state index contributed by atoms with van der Waals surface area (Å²) >= 11 is 0. The topological polar surface area (TPSA) is 121 Å². The van der Waals surface area contributed by atoms with Crippen molar-refractivity contribution in [3.05, 3.63) is 36.3 Å². The van der Waals surface area contributed by atoms with Crippen molar-refractivity contribution in [1.82, 2.24) is 9.97 Å². The molecule has 0 aliphatic heterocycles. The monoisotopic (exact) mass is 325 g/mol. The molecule has 0 unspecified atom stereocenters. The van der Waals surface area contributed by atoms with Gasteiger partial charge in [-0.1, -0.05) is 6.92 Å². The number of H-pyrrole nitrogens is 1. The Morgan fingerprint density at radius 3 is 2.82 bits per heavy atom. The number of nitrogens with one attached hydrogen (secondary N) is 2. The molecular formula is C13H15N3O5S. The van der Waals surface area contributed by atoms with E-state index in [0.29, 0.717) is 6.61 Å². The van der Waals surface area contributed by atoms with Crippen LogP contribution in [0.3, 0.4) is 0 Å². The second-order valence-electron chi connectivity index (χ2n) is 4.39. The first-order valence-corrected chi connectivity index (χ1v) is 7.93. The van der Waals surface area contributed by atoms with E-state index in [1.807, 2.05) is 6.92 Å². The summed E-state index contributed by atoms with van der Waals surface area (Å²) in [5.74, 6) is -0.904. The Morgan fingerprint density at radius 2 is 2.23 bits per heavy atom. The van der Waals surface area contributed by atoms with Gasteiger partial charge in [0.25, 0.3) is 10.0 Å². The minimum absolute atomic E-state index is 0.0499. The van der Waals surface area contributed by atoms with Crippen LogP contribution in [0.2, 0.25) is 0 Å². The number of carboxylic acids is 1. The summed E-state index contributed by atoms with van der Waals surface area (Å²) in [4.78, 5) is 17.2. The highest BCUT2D eigenvalue weighted by atomic mass is 32.2. The molecule has 0 saturated heterocycles. The molecule has 0 amide bonds. The average Bonchev–Trinajstić information content (AvgIpc) is 3.00. The number of carboxylic acid groups (broad SMARTS) is 1. The largest absolute Gasteiger partial charge is 0.491 e. The summed E-state index contributed by atoms with van der Waals surface area (Å²) in [7, 11) is -3.90. The number of carbonyl (C=O) groups is 1. The Hall–Kier alpha value is -2.55. The maximum atomic E-state index is 12.2. The van der Waals surface area contributed by atoms with Crippen LogP contribution in [0.5, 0.6) is 5.75 Å². The molecule has 0 bridgehead atoms. The summed E-state index contributed by atoms with van der Waals surface area (Å²) in [5, 5.41) is 8.89. The van der Waals surface area contributed by atoms with Crippen LogP contribution in [0.1, 0.15) is 23.7 Å². The zero-order chi connectivity index (χ0) is 16.2. The fraction of sp³-hybridized carbons (Fsp3) is 0.231. The lowest BCUT2D eigenvalue weighted by atomic mass is 10.2. The normalized spacial score (nSPS) is 11.1. The van der Waals surface area contributed by atoms with E-state index in [9.17, 15) is 13.2 Å². The van der Waals surface area contributed by atoms with Gasteiger partial charge < -0.3 is 14.8 Å². The van der Waals surface area contributed by atoms with E-state index in [0.717, 1.165) is 12.6 Å². The first-order chi connectivity index (χ1) is 10.4. The van der Waals surface area contributed by atoms with E-state index in [1.165, 1.54) is 24.5 Å². The van der Waals surface area contributed by atoms with Crippen molar-refractivity contribution >= 4 is 21.7 Å². The van der Waals surface area contributed by atoms with Gasteiger partial charge in [-0.05, 0) is 24.6 Å². The predicted octanol–water partition coefficient (Wildman–Crippen LogP) is 1.70. The number of hydrogen-bond acceptors (Lipinski definition) is 5. The number of sulfonamides is 1. The molecule has 9 heteroatoms. The van der Waals surface area contributed by atoms with E-state index >= 15 is 0 Å². The van der Waals surface area contributed by atoms with Crippen LogP contribution in [0.25, 0.3) is 0 Å². The van der Waals surface area contributed by atoms with Crippen molar-refractivity contribution in [1.29, 1.82) is 0 Å². The van der Waals surface area contributed by atoms with Gasteiger partial charge in [-0.15, -0.1) is 0 Å². The van der Waals surface area contributed by atoms with Gasteiger partial charge in [0.2, 0.25) is 0 Å². The predicted molar refractivity (Wildman–Crippen MR) is 78.6 cm³/mol. The molecule has 0 radical (unpaired) electrons. The molecule has 8 nitrogen and oxygen atoms in total. The van der Waals surface area contributed by atoms with Gasteiger partial charge >= 0.3 is 5.97 Å². The average molecular weight is 325 g/mol. The van der Waals surface area contributed by atoms with E-state index in [1.54, 1.807) is 0 Å².